The topological polar surface area (TPSA) is 61.4 Å². The molecule has 0 aliphatic rings. The minimum atomic E-state index is -3.46. The van der Waals surface area contributed by atoms with Crippen molar-refractivity contribution >= 4 is 33.0 Å². The van der Waals surface area contributed by atoms with Crippen molar-refractivity contribution in [3.63, 3.8) is 0 Å². The van der Waals surface area contributed by atoms with Crippen LogP contribution in [-0.4, -0.2) is 30.9 Å². The smallest absolute Gasteiger partial charge is 0.243 e. The van der Waals surface area contributed by atoms with Gasteiger partial charge in [-0.15, -0.1) is 0 Å². The Morgan fingerprint density at radius 2 is 1.69 bits per heavy atom. The Labute approximate surface area is 159 Å². The molecule has 0 fully saturated rings. The Bertz CT molecular complexity index is 851. The van der Waals surface area contributed by atoms with E-state index in [9.17, 15) is 12.8 Å². The Kier molecular flexibility index (Phi) is 7.07. The number of para-hydroxylation sites is 1. The summed E-state index contributed by atoms with van der Waals surface area (Å²) >= 11 is 5.15. The summed E-state index contributed by atoms with van der Waals surface area (Å²) in [6, 6.07) is 12.9. The van der Waals surface area contributed by atoms with Gasteiger partial charge >= 0.3 is 0 Å². The average Bonchev–Trinajstić information content (AvgIpc) is 2.63. The lowest BCUT2D eigenvalue weighted by atomic mass is 10.2. The minimum Gasteiger partial charge on any atom is -0.358 e. The van der Waals surface area contributed by atoms with Gasteiger partial charge in [0.1, 0.15) is 5.82 Å². The van der Waals surface area contributed by atoms with Crippen molar-refractivity contribution in [1.82, 2.24) is 9.62 Å². The monoisotopic (exact) mass is 395 g/mol. The second-order valence-electron chi connectivity index (χ2n) is 5.52. The Hall–Kier alpha value is -2.03. The zero-order chi connectivity index (χ0) is 19.2. The molecule has 0 unspecified atom stereocenters. The highest BCUT2D eigenvalue weighted by molar-refractivity contribution is 7.89. The molecule has 26 heavy (non-hydrogen) atoms. The fourth-order valence-corrected chi connectivity index (χ4v) is 4.04. The number of thiocarbonyl (C=S) groups is 1. The lowest BCUT2D eigenvalue weighted by Crippen LogP contribution is -2.30. The van der Waals surface area contributed by atoms with Gasteiger partial charge in [0.05, 0.1) is 10.6 Å². The van der Waals surface area contributed by atoms with Crippen molar-refractivity contribution in [3.05, 3.63) is 59.9 Å². The normalized spacial score (nSPS) is 11.4. The van der Waals surface area contributed by atoms with Gasteiger partial charge in [0.2, 0.25) is 10.0 Å². The molecule has 5 nitrogen and oxygen atoms in total. The minimum absolute atomic E-state index is 0.261. The molecule has 0 aliphatic heterocycles. The lowest BCUT2D eigenvalue weighted by Gasteiger charge is -2.18. The van der Waals surface area contributed by atoms with Gasteiger partial charge in [-0.25, -0.2) is 12.8 Å². The first-order valence-electron chi connectivity index (χ1n) is 8.27. The van der Waals surface area contributed by atoms with E-state index in [1.807, 2.05) is 13.8 Å². The maximum Gasteiger partial charge on any atom is 0.243 e. The molecular formula is C18H22FN3O2S2. The standard InChI is InChI=1S/C18H22FN3O2S2/c1-3-22(4-2)26(23,24)15-11-9-14(10-12-15)13-20-18(25)21-17-8-6-5-7-16(17)19/h5-12H,3-4,13H2,1-2H3,(H2,20,21,25). The Morgan fingerprint density at radius 3 is 2.27 bits per heavy atom. The predicted molar refractivity (Wildman–Crippen MR) is 106 cm³/mol. The molecule has 0 spiro atoms. The third-order valence-electron chi connectivity index (χ3n) is 3.84. The van der Waals surface area contributed by atoms with Crippen LogP contribution in [-0.2, 0) is 16.6 Å². The molecule has 0 saturated carbocycles. The second kappa shape index (κ2) is 9.07. The number of halogens is 1. The van der Waals surface area contributed by atoms with Crippen molar-refractivity contribution in [2.45, 2.75) is 25.3 Å². The van der Waals surface area contributed by atoms with E-state index in [1.54, 1.807) is 42.5 Å². The number of rotatable bonds is 7. The van der Waals surface area contributed by atoms with Crippen LogP contribution in [0.15, 0.2) is 53.4 Å². The zero-order valence-electron chi connectivity index (χ0n) is 14.7. The summed E-state index contributed by atoms with van der Waals surface area (Å²) in [4.78, 5) is 0.261. The maximum atomic E-state index is 13.6. The summed E-state index contributed by atoms with van der Waals surface area (Å²) in [6.45, 7) is 4.87. The number of hydrogen-bond donors (Lipinski definition) is 2. The molecule has 2 aromatic rings. The van der Waals surface area contributed by atoms with E-state index < -0.39 is 10.0 Å². The first-order valence-corrected chi connectivity index (χ1v) is 10.1. The number of benzene rings is 2. The van der Waals surface area contributed by atoms with Gasteiger partial charge in [0.15, 0.2) is 5.11 Å². The average molecular weight is 396 g/mol. The van der Waals surface area contributed by atoms with Crippen LogP contribution in [0.2, 0.25) is 0 Å². The van der Waals surface area contributed by atoms with Crippen LogP contribution in [0.25, 0.3) is 0 Å². The van der Waals surface area contributed by atoms with Crippen LogP contribution in [0.4, 0.5) is 10.1 Å². The van der Waals surface area contributed by atoms with E-state index in [0.29, 0.717) is 25.3 Å². The molecule has 0 atom stereocenters. The molecule has 0 radical (unpaired) electrons. The molecule has 2 N–H and O–H groups in total. The van der Waals surface area contributed by atoms with E-state index in [-0.39, 0.29) is 15.8 Å². The summed E-state index contributed by atoms with van der Waals surface area (Å²) in [5, 5.41) is 6.05. The molecule has 0 aromatic heterocycles. The van der Waals surface area contributed by atoms with E-state index in [1.165, 1.54) is 10.4 Å². The van der Waals surface area contributed by atoms with Crippen molar-refractivity contribution < 1.29 is 12.8 Å². The first-order chi connectivity index (χ1) is 12.4. The fourth-order valence-electron chi connectivity index (χ4n) is 2.40. The number of nitrogens with one attached hydrogen (secondary N) is 2. The maximum absolute atomic E-state index is 13.6. The highest BCUT2D eigenvalue weighted by Crippen LogP contribution is 2.16. The number of sulfonamides is 1. The predicted octanol–water partition coefficient (Wildman–Crippen LogP) is 3.34. The largest absolute Gasteiger partial charge is 0.358 e. The molecule has 2 rings (SSSR count). The van der Waals surface area contributed by atoms with Gasteiger partial charge in [-0.1, -0.05) is 38.1 Å². The molecule has 0 saturated heterocycles. The molecule has 140 valence electrons. The fraction of sp³-hybridized carbons (Fsp3) is 0.278. The van der Waals surface area contributed by atoms with Crippen LogP contribution < -0.4 is 10.6 Å². The summed E-state index contributed by atoms with van der Waals surface area (Å²) in [5.41, 5.74) is 1.16. The van der Waals surface area contributed by atoms with Crippen LogP contribution in [0.3, 0.4) is 0 Å². The van der Waals surface area contributed by atoms with Gasteiger partial charge in [-0.3, -0.25) is 0 Å². The van der Waals surface area contributed by atoms with Crippen molar-refractivity contribution in [2.75, 3.05) is 18.4 Å². The third-order valence-corrected chi connectivity index (χ3v) is 6.15. The quantitative estimate of drug-likeness (QED) is 0.704. The van der Waals surface area contributed by atoms with Crippen LogP contribution in [0, 0.1) is 5.82 Å². The van der Waals surface area contributed by atoms with Crippen molar-refractivity contribution in [3.8, 4) is 0 Å². The van der Waals surface area contributed by atoms with E-state index >= 15 is 0 Å². The van der Waals surface area contributed by atoms with Crippen molar-refractivity contribution in [2.24, 2.45) is 0 Å². The molecular weight excluding hydrogens is 373 g/mol. The van der Waals surface area contributed by atoms with Gasteiger partial charge in [-0.05, 0) is 42.0 Å². The highest BCUT2D eigenvalue weighted by Gasteiger charge is 2.21. The van der Waals surface area contributed by atoms with Gasteiger partial charge in [0, 0.05) is 19.6 Å². The zero-order valence-corrected chi connectivity index (χ0v) is 16.3. The summed E-state index contributed by atoms with van der Waals surface area (Å²) in [6.07, 6.45) is 0. The molecule has 8 heteroatoms. The second-order valence-corrected chi connectivity index (χ2v) is 7.87. The number of hydrogen-bond acceptors (Lipinski definition) is 3. The first kappa shape index (κ1) is 20.3. The van der Waals surface area contributed by atoms with Crippen molar-refractivity contribution in [1.29, 1.82) is 0 Å². The van der Waals surface area contributed by atoms with Crippen LogP contribution in [0.1, 0.15) is 19.4 Å². The van der Waals surface area contributed by atoms with Gasteiger partial charge in [-0.2, -0.15) is 4.31 Å². The number of nitrogens with zero attached hydrogens (tertiary/aromatic N) is 1. The lowest BCUT2D eigenvalue weighted by molar-refractivity contribution is 0.445. The van der Waals surface area contributed by atoms with Gasteiger partial charge in [0.25, 0.3) is 0 Å². The van der Waals surface area contributed by atoms with Crippen LogP contribution in [0.5, 0.6) is 0 Å². The van der Waals surface area contributed by atoms with Crippen LogP contribution >= 0.6 is 12.2 Å². The molecule has 0 amide bonds. The Balaban J connectivity index is 1.97. The number of anilines is 1. The molecule has 0 aliphatic carbocycles. The van der Waals surface area contributed by atoms with E-state index in [4.69, 9.17) is 12.2 Å². The molecule has 0 bridgehead atoms. The summed E-state index contributed by atoms with van der Waals surface area (Å²) in [7, 11) is -3.46. The van der Waals surface area contributed by atoms with Gasteiger partial charge < -0.3 is 10.6 Å². The summed E-state index contributed by atoms with van der Waals surface area (Å²) in [5.74, 6) is -0.386. The van der Waals surface area contributed by atoms with E-state index in [2.05, 4.69) is 10.6 Å². The highest BCUT2D eigenvalue weighted by atomic mass is 32.2. The Morgan fingerprint density at radius 1 is 1.08 bits per heavy atom. The van der Waals surface area contributed by atoms with E-state index in [0.717, 1.165) is 5.56 Å². The third kappa shape index (κ3) is 5.00. The summed E-state index contributed by atoms with van der Waals surface area (Å²) < 4.78 is 39.9. The molecule has 0 heterocycles. The molecule has 2 aromatic carbocycles. The SMILES string of the molecule is CCN(CC)S(=O)(=O)c1ccc(CNC(=S)Nc2ccccc2F)cc1.